The van der Waals surface area contributed by atoms with Crippen LogP contribution in [0.1, 0.15) is 6.92 Å². The number of nitrogens with zero attached hydrogens (tertiary/aromatic N) is 2. The molecule has 1 atom stereocenters. The Morgan fingerprint density at radius 1 is 0.897 bits per heavy atom. The van der Waals surface area contributed by atoms with E-state index in [0.717, 1.165) is 15.9 Å². The molecule has 0 radical (unpaired) electrons. The summed E-state index contributed by atoms with van der Waals surface area (Å²) in [6.07, 6.45) is 0.975. The van der Waals surface area contributed by atoms with Gasteiger partial charge in [0.05, 0.1) is 32.8 Å². The molecule has 1 unspecified atom stereocenters. The maximum atomic E-state index is 10.7. The van der Waals surface area contributed by atoms with Gasteiger partial charge in [-0.2, -0.15) is 5.90 Å². The van der Waals surface area contributed by atoms with E-state index < -0.39 is 56.0 Å². The minimum atomic E-state index is -1.23. The lowest BCUT2D eigenvalue weighted by atomic mass is 10.4. The van der Waals surface area contributed by atoms with Gasteiger partial charge in [0.1, 0.15) is 12.7 Å². The molecule has 0 amide bonds. The van der Waals surface area contributed by atoms with Gasteiger partial charge in [-0.15, -0.1) is 0 Å². The van der Waals surface area contributed by atoms with E-state index in [1.54, 1.807) is 6.92 Å². The summed E-state index contributed by atoms with van der Waals surface area (Å²) in [4.78, 5) is 76.5. The Balaban J connectivity index is -0.000000557. The third kappa shape index (κ3) is 33.6. The normalized spacial score (nSPS) is 12.5. The molecule has 0 aliphatic carbocycles. The van der Waals surface area contributed by atoms with Gasteiger partial charge in [-0.3, -0.25) is 33.8 Å². The highest BCUT2D eigenvalue weighted by Crippen LogP contribution is 2.09. The molecule has 1 heterocycles. The van der Waals surface area contributed by atoms with Crippen molar-refractivity contribution >= 4 is 42.3 Å². The molecule has 0 aromatic heterocycles. The minimum absolute atomic E-state index is 0.0703. The van der Waals surface area contributed by atoms with Crippen molar-refractivity contribution in [2.24, 2.45) is 5.90 Å². The Kier molecular flexibility index (Phi) is 24.1. The van der Waals surface area contributed by atoms with Crippen LogP contribution < -0.4 is 5.90 Å². The fourth-order valence-corrected chi connectivity index (χ4v) is 1.93. The maximum Gasteiger partial charge on any atom is 0.333 e. The van der Waals surface area contributed by atoms with E-state index in [0.29, 0.717) is 18.8 Å². The summed E-state index contributed by atoms with van der Waals surface area (Å²) in [5, 5.41) is 42.1. The van der Waals surface area contributed by atoms with Gasteiger partial charge in [0.25, 0.3) is 0 Å². The van der Waals surface area contributed by atoms with Crippen LogP contribution in [0.5, 0.6) is 0 Å². The maximum absolute atomic E-state index is 10.7. The van der Waals surface area contributed by atoms with E-state index in [9.17, 15) is 28.8 Å². The minimum Gasteiger partial charge on any atom is -0.480 e. The lowest BCUT2D eigenvalue weighted by Crippen LogP contribution is -2.43. The largest absolute Gasteiger partial charge is 0.480 e. The van der Waals surface area contributed by atoms with Gasteiger partial charge >= 0.3 is 42.3 Å². The molecule has 1 rings (SSSR count). The third-order valence-corrected chi connectivity index (χ3v) is 3.55. The molecular formula is C21H33N3O15. The molecule has 0 aromatic carbocycles. The first-order chi connectivity index (χ1) is 18.1. The number of ether oxygens (including phenoxy) is 2. The smallest absolute Gasteiger partial charge is 0.333 e. The fraction of sp³-hybridized carbons (Fsp3) is 0.476. The standard InChI is InChI=1S/C10H16N2O8.C7H10O3.C3H4O2.CH3NO2/c13-7(14)3-11(4-8(15)16)1-2-12(5-9(17)18)6-10(19)20;1-5(2)7(8)10-4-6-3-9-6;1-2-3(4)5;2-4-1-3/h1-6H2,(H,13,14)(H,15,16)(H,17,18)(H,19,20);6H,1,3-4H2,2H3;2H,1H2,(H,4,5);1H,2H2. The van der Waals surface area contributed by atoms with Crippen molar-refractivity contribution in [1.82, 2.24) is 9.80 Å². The molecule has 0 spiro atoms. The average Bonchev–Trinajstić information content (AvgIpc) is 3.65. The van der Waals surface area contributed by atoms with Crippen molar-refractivity contribution in [3.63, 3.8) is 0 Å². The van der Waals surface area contributed by atoms with Gasteiger partial charge in [-0.1, -0.05) is 13.2 Å². The molecular weight excluding hydrogens is 534 g/mol. The van der Waals surface area contributed by atoms with E-state index in [2.05, 4.69) is 23.9 Å². The summed E-state index contributed by atoms with van der Waals surface area (Å²) in [6, 6.07) is 0. The average molecular weight is 568 g/mol. The van der Waals surface area contributed by atoms with Crippen molar-refractivity contribution in [3.8, 4) is 0 Å². The second-order valence-corrected chi connectivity index (χ2v) is 7.11. The van der Waals surface area contributed by atoms with Crippen molar-refractivity contribution in [3.05, 3.63) is 24.8 Å². The molecule has 1 aliphatic rings. The number of epoxide rings is 1. The van der Waals surface area contributed by atoms with Gasteiger partial charge in [0, 0.05) is 24.7 Å². The Morgan fingerprint density at radius 3 is 1.38 bits per heavy atom. The Hall–Kier alpha value is -4.39. The highest BCUT2D eigenvalue weighted by atomic mass is 16.6. The summed E-state index contributed by atoms with van der Waals surface area (Å²) in [5.74, 6) is -2.07. The number of hydrogen-bond acceptors (Lipinski definition) is 13. The van der Waals surface area contributed by atoms with Crippen LogP contribution in [0.3, 0.4) is 0 Å². The number of carbonyl (C=O) groups is 7. The summed E-state index contributed by atoms with van der Waals surface area (Å²) < 4.78 is 9.60. The highest BCUT2D eigenvalue weighted by molar-refractivity contribution is 5.86. The van der Waals surface area contributed by atoms with Crippen LogP contribution in [-0.2, 0) is 47.9 Å². The van der Waals surface area contributed by atoms with Crippen molar-refractivity contribution in [1.29, 1.82) is 0 Å². The molecule has 7 N–H and O–H groups in total. The Morgan fingerprint density at radius 2 is 1.21 bits per heavy atom. The van der Waals surface area contributed by atoms with Gasteiger partial charge in [0.2, 0.25) is 0 Å². The van der Waals surface area contributed by atoms with Gasteiger partial charge in [0.15, 0.2) is 0 Å². The van der Waals surface area contributed by atoms with Crippen molar-refractivity contribution < 1.29 is 73.4 Å². The van der Waals surface area contributed by atoms with E-state index in [1.807, 2.05) is 0 Å². The molecule has 1 saturated heterocycles. The summed E-state index contributed by atoms with van der Waals surface area (Å²) in [5.41, 5.74) is 0.431. The van der Waals surface area contributed by atoms with Crippen LogP contribution in [0.2, 0.25) is 0 Å². The van der Waals surface area contributed by atoms with E-state index >= 15 is 0 Å². The number of carboxylic acids is 5. The molecule has 39 heavy (non-hydrogen) atoms. The van der Waals surface area contributed by atoms with Crippen LogP contribution in [0.4, 0.5) is 0 Å². The first-order valence-corrected chi connectivity index (χ1v) is 10.5. The van der Waals surface area contributed by atoms with Crippen LogP contribution in [0.15, 0.2) is 24.8 Å². The number of aliphatic carboxylic acids is 5. The quantitative estimate of drug-likeness (QED) is 0.0376. The lowest BCUT2D eigenvalue weighted by Gasteiger charge is -2.23. The van der Waals surface area contributed by atoms with Crippen LogP contribution in [-0.4, -0.2) is 136 Å². The third-order valence-electron chi connectivity index (χ3n) is 3.55. The second-order valence-electron chi connectivity index (χ2n) is 7.11. The molecule has 18 nitrogen and oxygen atoms in total. The Labute approximate surface area is 222 Å². The summed E-state index contributed by atoms with van der Waals surface area (Å²) >= 11 is 0. The SMILES string of the molecule is C=C(C)C(=O)OCC1CO1.C=CC(=O)O.NOC=O.O=C(O)CN(CCN(CC(=O)O)CC(=O)O)CC(=O)O. The Bertz CT molecular complexity index is 774. The predicted molar refractivity (Wildman–Crippen MR) is 128 cm³/mol. The first-order valence-electron chi connectivity index (χ1n) is 10.5. The number of carbonyl (C=O) groups excluding carboxylic acids is 2. The number of rotatable bonds is 16. The zero-order valence-corrected chi connectivity index (χ0v) is 21.1. The second kappa shape index (κ2) is 24.0. The van der Waals surface area contributed by atoms with Gasteiger partial charge in [-0.25, -0.2) is 9.59 Å². The van der Waals surface area contributed by atoms with Gasteiger partial charge < -0.3 is 39.8 Å². The van der Waals surface area contributed by atoms with Gasteiger partial charge in [-0.05, 0) is 6.92 Å². The molecule has 1 fully saturated rings. The summed E-state index contributed by atoms with van der Waals surface area (Å²) in [7, 11) is 0. The number of nitrogens with two attached hydrogens (primary N) is 1. The monoisotopic (exact) mass is 567 g/mol. The number of esters is 1. The zero-order valence-electron chi connectivity index (χ0n) is 21.1. The number of hydrogen-bond donors (Lipinski definition) is 6. The predicted octanol–water partition coefficient (Wildman–Crippen LogP) is -2.28. The first kappa shape index (κ1) is 39.1. The zero-order chi connectivity index (χ0) is 31.0. The molecule has 1 aliphatic heterocycles. The van der Waals surface area contributed by atoms with E-state index in [4.69, 9.17) is 39.8 Å². The number of carboxylic acid groups (broad SMARTS) is 5. The van der Waals surface area contributed by atoms with Crippen molar-refractivity contribution in [2.75, 3.05) is 52.5 Å². The van der Waals surface area contributed by atoms with Crippen LogP contribution >= 0.6 is 0 Å². The molecule has 18 heteroatoms. The molecule has 0 bridgehead atoms. The van der Waals surface area contributed by atoms with Crippen molar-refractivity contribution in [2.45, 2.75) is 13.0 Å². The van der Waals surface area contributed by atoms with Crippen LogP contribution in [0, 0.1) is 0 Å². The topological polar surface area (TPSA) is 284 Å². The van der Waals surface area contributed by atoms with E-state index in [-0.39, 0.29) is 31.6 Å². The fourth-order valence-electron chi connectivity index (χ4n) is 1.93. The highest BCUT2D eigenvalue weighted by Gasteiger charge is 2.24. The molecule has 0 aromatic rings. The molecule has 222 valence electrons. The van der Waals surface area contributed by atoms with E-state index in [1.165, 1.54) is 0 Å². The molecule has 0 saturated carbocycles. The van der Waals surface area contributed by atoms with Crippen LogP contribution in [0.25, 0.3) is 0 Å². The lowest BCUT2D eigenvalue weighted by molar-refractivity contribution is -0.145. The summed E-state index contributed by atoms with van der Waals surface area (Å²) in [6.45, 7) is 7.00.